The van der Waals surface area contributed by atoms with Crippen molar-refractivity contribution in [2.75, 3.05) is 0 Å². The normalized spacial score (nSPS) is 13.5. The molecule has 0 aliphatic carbocycles. The monoisotopic (exact) mass is 257 g/mol. The average molecular weight is 257 g/mol. The fourth-order valence-electron chi connectivity index (χ4n) is 2.48. The first-order valence-electron chi connectivity index (χ1n) is 6.82. The van der Waals surface area contributed by atoms with Crippen molar-refractivity contribution in [3.63, 3.8) is 0 Å². The van der Waals surface area contributed by atoms with Crippen molar-refractivity contribution in [3.8, 4) is 0 Å². The Kier molecular flexibility index (Phi) is 3.76. The summed E-state index contributed by atoms with van der Waals surface area (Å²) in [5.74, 6) is 0. The Balaban J connectivity index is 2.48. The van der Waals surface area contributed by atoms with E-state index in [4.69, 9.17) is 5.73 Å². The van der Waals surface area contributed by atoms with E-state index in [2.05, 4.69) is 57.1 Å². The fraction of sp³-hybridized carbons (Fsp3) is 0.438. The summed E-state index contributed by atoms with van der Waals surface area (Å²) in [4.78, 5) is 0. The van der Waals surface area contributed by atoms with Crippen LogP contribution < -0.4 is 5.73 Å². The minimum atomic E-state index is -0.127. The van der Waals surface area contributed by atoms with Crippen LogP contribution in [0.15, 0.2) is 36.5 Å². The Morgan fingerprint density at radius 3 is 2.53 bits per heavy atom. The van der Waals surface area contributed by atoms with Gasteiger partial charge >= 0.3 is 0 Å². The second-order valence-corrected chi connectivity index (χ2v) is 5.89. The molecule has 0 bridgehead atoms. The van der Waals surface area contributed by atoms with Gasteiger partial charge in [-0.15, -0.1) is 0 Å². The van der Waals surface area contributed by atoms with Crippen molar-refractivity contribution in [3.05, 3.63) is 53.3 Å². The van der Waals surface area contributed by atoms with Crippen LogP contribution in [0.25, 0.3) is 0 Å². The first-order valence-corrected chi connectivity index (χ1v) is 6.82. The molecule has 2 aromatic rings. The maximum Gasteiger partial charge on any atom is 0.0726 e. The lowest BCUT2D eigenvalue weighted by Crippen LogP contribution is -2.22. The smallest absolute Gasteiger partial charge is 0.0726 e. The van der Waals surface area contributed by atoms with Crippen LogP contribution in [0.3, 0.4) is 0 Å². The van der Waals surface area contributed by atoms with Crippen LogP contribution in [0.2, 0.25) is 0 Å². The van der Waals surface area contributed by atoms with Crippen LogP contribution in [0.5, 0.6) is 0 Å². The molecule has 2 rings (SSSR count). The lowest BCUT2D eigenvalue weighted by Gasteiger charge is -2.26. The molecular formula is C16H23N3. The van der Waals surface area contributed by atoms with Gasteiger partial charge in [-0.3, -0.25) is 4.68 Å². The first-order chi connectivity index (χ1) is 8.95. The van der Waals surface area contributed by atoms with Gasteiger partial charge in [0.15, 0.2) is 0 Å². The van der Waals surface area contributed by atoms with Gasteiger partial charge in [-0.25, -0.2) is 0 Å². The Labute approximate surface area is 115 Å². The fourth-order valence-corrected chi connectivity index (χ4v) is 2.48. The number of aryl methyl sites for hydroxylation is 1. The predicted molar refractivity (Wildman–Crippen MR) is 79.1 cm³/mol. The van der Waals surface area contributed by atoms with Crippen molar-refractivity contribution in [2.45, 2.75) is 45.7 Å². The molecule has 3 nitrogen and oxygen atoms in total. The van der Waals surface area contributed by atoms with Crippen molar-refractivity contribution >= 4 is 0 Å². The highest BCUT2D eigenvalue weighted by molar-refractivity contribution is 5.38. The largest absolute Gasteiger partial charge is 0.319 e. The van der Waals surface area contributed by atoms with Crippen molar-refractivity contribution in [1.82, 2.24) is 9.78 Å². The van der Waals surface area contributed by atoms with E-state index >= 15 is 0 Å². The zero-order valence-corrected chi connectivity index (χ0v) is 12.2. The third kappa shape index (κ3) is 2.71. The summed E-state index contributed by atoms with van der Waals surface area (Å²) in [7, 11) is 0. The van der Waals surface area contributed by atoms with Gasteiger partial charge < -0.3 is 5.73 Å². The maximum atomic E-state index is 6.47. The standard InChI is InChI=1S/C16H23N3/c1-5-19-14(10-11-18-19)15(17)12-8-6-7-9-13(12)16(2,3)4/h6-11,15H,5,17H2,1-4H3. The number of rotatable bonds is 3. The third-order valence-electron chi connectivity index (χ3n) is 3.47. The Morgan fingerprint density at radius 1 is 1.21 bits per heavy atom. The number of hydrogen-bond acceptors (Lipinski definition) is 2. The molecule has 1 aromatic heterocycles. The van der Waals surface area contributed by atoms with Crippen LogP contribution in [0, 0.1) is 0 Å². The topological polar surface area (TPSA) is 43.8 Å². The minimum absolute atomic E-state index is 0.0886. The molecule has 0 amide bonds. The lowest BCUT2D eigenvalue weighted by atomic mass is 9.81. The van der Waals surface area contributed by atoms with Crippen molar-refractivity contribution in [1.29, 1.82) is 0 Å². The summed E-state index contributed by atoms with van der Waals surface area (Å²) < 4.78 is 1.96. The molecule has 0 radical (unpaired) electrons. The van der Waals surface area contributed by atoms with Gasteiger partial charge in [0.05, 0.1) is 11.7 Å². The molecule has 0 saturated heterocycles. The number of nitrogens with two attached hydrogens (primary N) is 1. The van der Waals surface area contributed by atoms with E-state index in [9.17, 15) is 0 Å². The molecule has 1 aromatic carbocycles. The van der Waals surface area contributed by atoms with Gasteiger partial charge in [-0.05, 0) is 29.5 Å². The molecule has 0 aliphatic heterocycles. The summed E-state index contributed by atoms with van der Waals surface area (Å²) in [6.07, 6.45) is 1.82. The lowest BCUT2D eigenvalue weighted by molar-refractivity contribution is 0.563. The highest BCUT2D eigenvalue weighted by atomic mass is 15.3. The van der Waals surface area contributed by atoms with E-state index in [1.807, 2.05) is 16.9 Å². The molecule has 2 N–H and O–H groups in total. The minimum Gasteiger partial charge on any atom is -0.319 e. The number of benzene rings is 1. The predicted octanol–water partition coefficient (Wildman–Crippen LogP) is 3.25. The molecule has 1 atom stereocenters. The van der Waals surface area contributed by atoms with E-state index < -0.39 is 0 Å². The first kappa shape index (κ1) is 13.8. The second-order valence-electron chi connectivity index (χ2n) is 5.89. The summed E-state index contributed by atoms with van der Waals surface area (Å²) in [6, 6.07) is 10.3. The van der Waals surface area contributed by atoms with Gasteiger partial charge in [0.1, 0.15) is 0 Å². The van der Waals surface area contributed by atoms with Crippen LogP contribution in [-0.2, 0) is 12.0 Å². The van der Waals surface area contributed by atoms with E-state index in [1.165, 1.54) is 11.1 Å². The molecule has 1 heterocycles. The van der Waals surface area contributed by atoms with Gasteiger partial charge in [0, 0.05) is 12.7 Å². The molecular weight excluding hydrogens is 234 g/mol. The highest BCUT2D eigenvalue weighted by Gasteiger charge is 2.22. The van der Waals surface area contributed by atoms with Gasteiger partial charge in [0.2, 0.25) is 0 Å². The average Bonchev–Trinajstić information content (AvgIpc) is 2.85. The molecule has 0 fully saturated rings. The number of hydrogen-bond donors (Lipinski definition) is 1. The van der Waals surface area contributed by atoms with Gasteiger partial charge in [-0.2, -0.15) is 5.10 Å². The Hall–Kier alpha value is -1.61. The molecule has 0 saturated carbocycles. The van der Waals surface area contributed by atoms with E-state index in [0.717, 1.165) is 12.2 Å². The second kappa shape index (κ2) is 5.17. The highest BCUT2D eigenvalue weighted by Crippen LogP contribution is 2.31. The molecule has 0 aliphatic rings. The zero-order valence-electron chi connectivity index (χ0n) is 12.2. The van der Waals surface area contributed by atoms with Crippen LogP contribution in [0.1, 0.15) is 50.6 Å². The summed E-state index contributed by atoms with van der Waals surface area (Å²) in [5, 5.41) is 4.31. The van der Waals surface area contributed by atoms with Gasteiger partial charge in [0.25, 0.3) is 0 Å². The molecule has 0 spiro atoms. The molecule has 19 heavy (non-hydrogen) atoms. The van der Waals surface area contributed by atoms with E-state index in [-0.39, 0.29) is 11.5 Å². The van der Waals surface area contributed by atoms with Crippen LogP contribution in [-0.4, -0.2) is 9.78 Å². The van der Waals surface area contributed by atoms with E-state index in [1.54, 1.807) is 0 Å². The molecule has 1 unspecified atom stereocenters. The SMILES string of the molecule is CCn1nccc1C(N)c1ccccc1C(C)(C)C. The summed E-state index contributed by atoms with van der Waals surface area (Å²) >= 11 is 0. The van der Waals surface area contributed by atoms with Crippen molar-refractivity contribution in [2.24, 2.45) is 5.73 Å². The Morgan fingerprint density at radius 2 is 1.89 bits per heavy atom. The van der Waals surface area contributed by atoms with Crippen LogP contribution >= 0.6 is 0 Å². The number of aromatic nitrogens is 2. The van der Waals surface area contributed by atoms with Crippen LogP contribution in [0.4, 0.5) is 0 Å². The maximum absolute atomic E-state index is 6.47. The Bertz CT molecular complexity index is 549. The zero-order chi connectivity index (χ0) is 14.0. The third-order valence-corrected chi connectivity index (χ3v) is 3.47. The van der Waals surface area contributed by atoms with Gasteiger partial charge in [-0.1, -0.05) is 45.0 Å². The van der Waals surface area contributed by atoms with Crippen molar-refractivity contribution < 1.29 is 0 Å². The van der Waals surface area contributed by atoms with E-state index in [0.29, 0.717) is 0 Å². The summed E-state index contributed by atoms with van der Waals surface area (Å²) in [6.45, 7) is 9.58. The summed E-state index contributed by atoms with van der Waals surface area (Å²) in [5.41, 5.74) is 10.1. The molecule has 102 valence electrons. The molecule has 3 heteroatoms. The quantitative estimate of drug-likeness (QED) is 0.917. The number of nitrogens with zero attached hydrogens (tertiary/aromatic N) is 2.